The van der Waals surface area contributed by atoms with Gasteiger partial charge in [-0.2, -0.15) is 10.2 Å². The van der Waals surface area contributed by atoms with Crippen molar-refractivity contribution in [2.75, 3.05) is 18.4 Å². The number of anilines is 1. The third kappa shape index (κ3) is 16.9. The Kier molecular flexibility index (Phi) is 16.9. The maximum atomic E-state index is 12.6. The number of terminal acetylenes is 1. The zero-order valence-corrected chi connectivity index (χ0v) is 26.2. The molecular weight excluding hydrogens is 578 g/mol. The molecule has 0 unspecified atom stereocenters. The lowest BCUT2D eigenvalue weighted by molar-refractivity contribution is -0.129. The number of amides is 5. The van der Waals surface area contributed by atoms with Gasteiger partial charge in [-0.3, -0.25) is 29.2 Å². The van der Waals surface area contributed by atoms with E-state index in [0.717, 1.165) is 31.2 Å². The van der Waals surface area contributed by atoms with E-state index in [1.807, 2.05) is 24.3 Å². The molecule has 1 atom stereocenters. The van der Waals surface area contributed by atoms with E-state index in [0.29, 0.717) is 70.1 Å². The van der Waals surface area contributed by atoms with E-state index >= 15 is 0 Å². The number of nitrogens with zero attached hydrogens (tertiary/aromatic N) is 2. The summed E-state index contributed by atoms with van der Waals surface area (Å²) in [6, 6.07) is 6.79. The normalized spacial score (nSPS) is 13.2. The molecular formula is C32H47N7O6. The predicted octanol–water partition coefficient (Wildman–Crippen LogP) is 3.28. The van der Waals surface area contributed by atoms with Crippen LogP contribution in [0, 0.1) is 12.3 Å². The Morgan fingerprint density at radius 3 is 2.04 bits per heavy atom. The molecule has 13 nitrogen and oxygen atoms in total. The van der Waals surface area contributed by atoms with Gasteiger partial charge in [0, 0.05) is 57.3 Å². The number of benzene rings is 1. The van der Waals surface area contributed by atoms with E-state index in [4.69, 9.17) is 11.6 Å². The zero-order chi connectivity index (χ0) is 32.9. The van der Waals surface area contributed by atoms with Gasteiger partial charge in [0.05, 0.1) is 0 Å². The maximum Gasteiger partial charge on any atom is 0.243 e. The van der Waals surface area contributed by atoms with Gasteiger partial charge < -0.3 is 21.3 Å². The minimum absolute atomic E-state index is 0.0282. The Balaban J connectivity index is 1.53. The average Bonchev–Trinajstić information content (AvgIpc) is 3.75. The standard InChI is InChI=1S/C32H47N7O6/c1-3-4-12-29(42)36-26(23-32(2)38-39-32)31(44)34-21-11-7-10-13-27(40)33-22-20-24-16-18-25(19-17-24)35-28(41)14-8-5-6-9-15-30(43)37-45/h1,16-19,26,45H,4-15,20-23H2,2H3,(H,33,40)(H,34,44)(H,35,41)(H,36,42)(H,37,43)/t26-/m0/s1. The van der Waals surface area contributed by atoms with Gasteiger partial charge in [-0.05, 0) is 56.7 Å². The highest BCUT2D eigenvalue weighted by atomic mass is 16.5. The first kappa shape index (κ1) is 36.9. The summed E-state index contributed by atoms with van der Waals surface area (Å²) in [6.45, 7) is 2.74. The zero-order valence-electron chi connectivity index (χ0n) is 26.2. The van der Waals surface area contributed by atoms with E-state index in [9.17, 15) is 24.0 Å². The molecule has 13 heteroatoms. The average molecular weight is 626 g/mol. The molecule has 0 radical (unpaired) electrons. The van der Waals surface area contributed by atoms with Crippen LogP contribution in [-0.4, -0.2) is 59.5 Å². The van der Waals surface area contributed by atoms with Crippen LogP contribution in [0.3, 0.4) is 0 Å². The van der Waals surface area contributed by atoms with Crippen LogP contribution < -0.4 is 26.7 Å². The van der Waals surface area contributed by atoms with Gasteiger partial charge in [0.15, 0.2) is 5.66 Å². The quantitative estimate of drug-likeness (QED) is 0.0468. The largest absolute Gasteiger partial charge is 0.356 e. The molecule has 1 aliphatic rings. The monoisotopic (exact) mass is 625 g/mol. The van der Waals surface area contributed by atoms with Crippen LogP contribution in [0.4, 0.5) is 5.69 Å². The smallest absolute Gasteiger partial charge is 0.243 e. The van der Waals surface area contributed by atoms with Crippen molar-refractivity contribution in [3.63, 3.8) is 0 Å². The number of hydrogen-bond donors (Lipinski definition) is 6. The van der Waals surface area contributed by atoms with Crippen LogP contribution in [0.1, 0.15) is 96.0 Å². The summed E-state index contributed by atoms with van der Waals surface area (Å²) in [6.07, 6.45) is 12.9. The summed E-state index contributed by atoms with van der Waals surface area (Å²) < 4.78 is 0. The first-order chi connectivity index (χ1) is 21.6. The molecule has 0 aliphatic carbocycles. The van der Waals surface area contributed by atoms with Gasteiger partial charge in [0.25, 0.3) is 0 Å². The third-order valence-corrected chi connectivity index (χ3v) is 7.22. The van der Waals surface area contributed by atoms with Gasteiger partial charge in [-0.25, -0.2) is 5.48 Å². The van der Waals surface area contributed by atoms with Crippen molar-refractivity contribution >= 4 is 35.2 Å². The first-order valence-corrected chi connectivity index (χ1v) is 15.7. The number of rotatable bonds is 23. The van der Waals surface area contributed by atoms with Gasteiger partial charge in [0.2, 0.25) is 29.5 Å². The maximum absolute atomic E-state index is 12.6. The van der Waals surface area contributed by atoms with E-state index in [1.165, 1.54) is 0 Å². The number of carbonyl (C=O) groups excluding carboxylic acids is 5. The van der Waals surface area contributed by atoms with Crippen LogP contribution in [-0.2, 0) is 30.4 Å². The van der Waals surface area contributed by atoms with Crippen molar-refractivity contribution < 1.29 is 29.2 Å². The van der Waals surface area contributed by atoms with E-state index in [-0.39, 0.29) is 36.5 Å². The first-order valence-electron chi connectivity index (χ1n) is 15.7. The number of nitrogens with one attached hydrogen (secondary N) is 5. The highest BCUT2D eigenvalue weighted by Gasteiger charge is 2.39. The molecule has 0 spiro atoms. The van der Waals surface area contributed by atoms with Gasteiger partial charge >= 0.3 is 0 Å². The molecule has 2 rings (SSSR count). The molecule has 5 amide bonds. The number of carbonyl (C=O) groups is 5. The Morgan fingerprint density at radius 2 is 1.42 bits per heavy atom. The van der Waals surface area contributed by atoms with Crippen molar-refractivity contribution in [2.24, 2.45) is 10.2 Å². The van der Waals surface area contributed by atoms with Crippen LogP contribution in [0.5, 0.6) is 0 Å². The molecule has 6 N–H and O–H groups in total. The minimum Gasteiger partial charge on any atom is -0.356 e. The second kappa shape index (κ2) is 20.6. The second-order valence-corrected chi connectivity index (χ2v) is 11.3. The van der Waals surface area contributed by atoms with Crippen LogP contribution in [0.15, 0.2) is 34.5 Å². The van der Waals surface area contributed by atoms with Crippen molar-refractivity contribution in [2.45, 2.75) is 109 Å². The summed E-state index contributed by atoms with van der Waals surface area (Å²) in [7, 11) is 0. The molecule has 0 saturated carbocycles. The summed E-state index contributed by atoms with van der Waals surface area (Å²) in [4.78, 5) is 60.0. The lowest BCUT2D eigenvalue weighted by Gasteiger charge is -2.19. The fraction of sp³-hybridized carbons (Fsp3) is 0.594. The lowest BCUT2D eigenvalue weighted by atomic mass is 10.0. The number of hydrogen-bond acceptors (Lipinski definition) is 8. The Bertz CT molecular complexity index is 1190. The van der Waals surface area contributed by atoms with Crippen LogP contribution >= 0.6 is 0 Å². The predicted molar refractivity (Wildman–Crippen MR) is 169 cm³/mol. The van der Waals surface area contributed by atoms with Crippen LogP contribution in [0.25, 0.3) is 0 Å². The summed E-state index contributed by atoms with van der Waals surface area (Å²) in [5.41, 5.74) is 2.73. The fourth-order valence-electron chi connectivity index (χ4n) is 4.53. The number of unbranched alkanes of at least 4 members (excludes halogenated alkanes) is 5. The van der Waals surface area contributed by atoms with Gasteiger partial charge in [-0.15, -0.1) is 12.3 Å². The molecule has 0 saturated heterocycles. The van der Waals surface area contributed by atoms with Gasteiger partial charge in [0.1, 0.15) is 6.04 Å². The Labute approximate surface area is 265 Å². The number of hydroxylamine groups is 1. The van der Waals surface area contributed by atoms with E-state index in [2.05, 4.69) is 37.4 Å². The summed E-state index contributed by atoms with van der Waals surface area (Å²) >= 11 is 0. The highest BCUT2D eigenvalue weighted by molar-refractivity contribution is 5.90. The minimum atomic E-state index is -0.737. The second-order valence-electron chi connectivity index (χ2n) is 11.3. The SMILES string of the molecule is C#CCCC(=O)N[C@@H](CC1(C)N=N1)C(=O)NCCCCCC(=O)NCCc1ccc(NC(=O)CCCCCCC(=O)NO)cc1. The fourth-order valence-corrected chi connectivity index (χ4v) is 4.53. The highest BCUT2D eigenvalue weighted by Crippen LogP contribution is 2.32. The Hall–Kier alpha value is -4.31. The van der Waals surface area contributed by atoms with Crippen molar-refractivity contribution in [3.8, 4) is 12.3 Å². The van der Waals surface area contributed by atoms with Crippen LogP contribution in [0.2, 0.25) is 0 Å². The molecule has 246 valence electrons. The molecule has 45 heavy (non-hydrogen) atoms. The van der Waals surface area contributed by atoms with E-state index in [1.54, 1.807) is 12.4 Å². The van der Waals surface area contributed by atoms with E-state index < -0.39 is 17.6 Å². The van der Waals surface area contributed by atoms with Gasteiger partial charge in [-0.1, -0.05) is 31.4 Å². The van der Waals surface area contributed by atoms with Crippen molar-refractivity contribution in [1.82, 2.24) is 21.4 Å². The van der Waals surface area contributed by atoms with Crippen molar-refractivity contribution in [3.05, 3.63) is 29.8 Å². The Morgan fingerprint density at radius 1 is 0.800 bits per heavy atom. The molecule has 1 aromatic rings. The lowest BCUT2D eigenvalue weighted by Crippen LogP contribution is -2.48. The summed E-state index contributed by atoms with van der Waals surface area (Å²) in [5.74, 6) is 1.35. The third-order valence-electron chi connectivity index (χ3n) is 7.22. The topological polar surface area (TPSA) is 190 Å². The molecule has 0 bridgehead atoms. The molecule has 1 aliphatic heterocycles. The van der Waals surface area contributed by atoms with Crippen molar-refractivity contribution in [1.29, 1.82) is 0 Å². The molecule has 1 aromatic carbocycles. The molecule has 0 aromatic heterocycles. The summed E-state index contributed by atoms with van der Waals surface area (Å²) in [5, 5.41) is 27.7. The molecule has 0 fully saturated rings. The molecule has 1 heterocycles.